The summed E-state index contributed by atoms with van der Waals surface area (Å²) in [6.45, 7) is 5.23. The van der Waals surface area contributed by atoms with Gasteiger partial charge in [-0.1, -0.05) is 18.2 Å². The fraction of sp³-hybridized carbons (Fsp3) is 0.125. The van der Waals surface area contributed by atoms with Crippen molar-refractivity contribution >= 4 is 16.6 Å². The van der Waals surface area contributed by atoms with E-state index in [0.29, 0.717) is 5.76 Å². The number of hydrogen-bond donors (Lipinski definition) is 0. The molecular formula is C8H7ClO2. The van der Waals surface area contributed by atoms with Crippen LogP contribution in [0.15, 0.2) is 27.9 Å². The predicted octanol–water partition coefficient (Wildman–Crippen LogP) is 2.16. The summed E-state index contributed by atoms with van der Waals surface area (Å²) in [6, 6.07) is 3.06. The summed E-state index contributed by atoms with van der Waals surface area (Å²) in [4.78, 5) is 10.7. The van der Waals surface area contributed by atoms with E-state index in [0.717, 1.165) is 5.56 Å². The van der Waals surface area contributed by atoms with E-state index < -0.39 is 5.63 Å². The van der Waals surface area contributed by atoms with Crippen LogP contribution in [0.4, 0.5) is 0 Å². The number of rotatable bonds is 1. The third kappa shape index (κ3) is 1.95. The Morgan fingerprint density at radius 2 is 2.27 bits per heavy atom. The summed E-state index contributed by atoms with van der Waals surface area (Å²) in [6.07, 6.45) is 0. The minimum atomic E-state index is -0.401. The Bertz CT molecular complexity index is 338. The molecule has 3 heteroatoms. The SMILES string of the molecule is C=C(Cl)c1cc(C)cc(=O)o1. The van der Waals surface area contributed by atoms with Crippen LogP contribution in [-0.2, 0) is 0 Å². The van der Waals surface area contributed by atoms with Gasteiger partial charge in [-0.25, -0.2) is 4.79 Å². The summed E-state index contributed by atoms with van der Waals surface area (Å²) < 4.78 is 4.73. The van der Waals surface area contributed by atoms with Crippen LogP contribution in [0.25, 0.3) is 5.03 Å². The van der Waals surface area contributed by atoms with Crippen LogP contribution in [0.2, 0.25) is 0 Å². The molecule has 0 atom stereocenters. The lowest BCUT2D eigenvalue weighted by Crippen LogP contribution is -1.98. The lowest BCUT2D eigenvalue weighted by molar-refractivity contribution is 0.498. The van der Waals surface area contributed by atoms with Gasteiger partial charge in [0.25, 0.3) is 0 Å². The number of halogens is 1. The van der Waals surface area contributed by atoms with Gasteiger partial charge in [0.2, 0.25) is 0 Å². The zero-order valence-electron chi connectivity index (χ0n) is 6.06. The Morgan fingerprint density at radius 1 is 1.64 bits per heavy atom. The zero-order valence-corrected chi connectivity index (χ0v) is 6.81. The van der Waals surface area contributed by atoms with Crippen molar-refractivity contribution in [2.45, 2.75) is 6.92 Å². The lowest BCUT2D eigenvalue weighted by atomic mass is 10.3. The summed E-state index contributed by atoms with van der Waals surface area (Å²) in [5.74, 6) is 0.330. The molecule has 0 aromatic carbocycles. The highest BCUT2D eigenvalue weighted by molar-refractivity contribution is 6.47. The molecule has 0 saturated heterocycles. The zero-order chi connectivity index (χ0) is 8.43. The predicted molar refractivity (Wildman–Crippen MR) is 44.6 cm³/mol. The van der Waals surface area contributed by atoms with Gasteiger partial charge in [-0.15, -0.1) is 0 Å². The maximum absolute atomic E-state index is 10.7. The molecule has 1 aromatic heterocycles. The molecule has 0 unspecified atom stereocenters. The first-order valence-electron chi connectivity index (χ1n) is 3.06. The summed E-state index contributed by atoms with van der Waals surface area (Å²) in [5.41, 5.74) is 0.417. The molecule has 0 fully saturated rings. The minimum absolute atomic E-state index is 0.241. The Balaban J connectivity index is 3.30. The van der Waals surface area contributed by atoms with Crippen LogP contribution in [0.1, 0.15) is 11.3 Å². The molecule has 0 saturated carbocycles. The normalized spacial score (nSPS) is 9.64. The van der Waals surface area contributed by atoms with E-state index in [1.807, 2.05) is 0 Å². The van der Waals surface area contributed by atoms with Gasteiger partial charge in [0.05, 0.1) is 5.03 Å². The van der Waals surface area contributed by atoms with Crippen molar-refractivity contribution in [3.05, 3.63) is 40.5 Å². The monoisotopic (exact) mass is 170 g/mol. The minimum Gasteiger partial charge on any atom is -0.422 e. The Kier molecular flexibility index (Phi) is 2.15. The van der Waals surface area contributed by atoms with Gasteiger partial charge in [0.15, 0.2) is 0 Å². The highest BCUT2D eigenvalue weighted by atomic mass is 35.5. The van der Waals surface area contributed by atoms with Crippen molar-refractivity contribution in [3.63, 3.8) is 0 Å². The molecule has 0 bridgehead atoms. The van der Waals surface area contributed by atoms with Crippen LogP contribution in [0, 0.1) is 6.92 Å². The van der Waals surface area contributed by atoms with Crippen LogP contribution >= 0.6 is 11.6 Å². The maximum atomic E-state index is 10.7. The van der Waals surface area contributed by atoms with Gasteiger partial charge in [-0.2, -0.15) is 0 Å². The Morgan fingerprint density at radius 3 is 2.73 bits per heavy atom. The third-order valence-corrected chi connectivity index (χ3v) is 1.37. The smallest absolute Gasteiger partial charge is 0.336 e. The highest BCUT2D eigenvalue weighted by Crippen LogP contribution is 2.14. The van der Waals surface area contributed by atoms with Crippen LogP contribution < -0.4 is 5.63 Å². The highest BCUT2D eigenvalue weighted by Gasteiger charge is 1.99. The first-order chi connectivity index (χ1) is 5.09. The van der Waals surface area contributed by atoms with Crippen molar-refractivity contribution in [3.8, 4) is 0 Å². The second kappa shape index (κ2) is 2.93. The lowest BCUT2D eigenvalue weighted by Gasteiger charge is -1.95. The quantitative estimate of drug-likeness (QED) is 0.647. The van der Waals surface area contributed by atoms with Gasteiger partial charge in [0.1, 0.15) is 5.76 Å². The molecule has 58 valence electrons. The maximum Gasteiger partial charge on any atom is 0.336 e. The summed E-state index contributed by atoms with van der Waals surface area (Å²) >= 11 is 5.52. The van der Waals surface area contributed by atoms with Crippen LogP contribution in [0.5, 0.6) is 0 Å². The molecule has 1 aromatic rings. The van der Waals surface area contributed by atoms with E-state index in [2.05, 4.69) is 6.58 Å². The first kappa shape index (κ1) is 8.08. The van der Waals surface area contributed by atoms with E-state index in [-0.39, 0.29) is 5.03 Å². The molecule has 1 heterocycles. The summed E-state index contributed by atoms with van der Waals surface area (Å²) in [7, 11) is 0. The molecule has 1 rings (SSSR count). The molecule has 0 radical (unpaired) electrons. The topological polar surface area (TPSA) is 30.2 Å². The van der Waals surface area contributed by atoms with Crippen molar-refractivity contribution < 1.29 is 4.42 Å². The van der Waals surface area contributed by atoms with Gasteiger partial charge in [-0.05, 0) is 18.6 Å². The van der Waals surface area contributed by atoms with E-state index in [4.69, 9.17) is 16.0 Å². The molecule has 0 amide bonds. The number of aryl methyl sites for hydroxylation is 1. The molecular weight excluding hydrogens is 164 g/mol. The van der Waals surface area contributed by atoms with Crippen molar-refractivity contribution in [1.29, 1.82) is 0 Å². The fourth-order valence-electron chi connectivity index (χ4n) is 0.735. The molecule has 2 nitrogen and oxygen atoms in total. The average molecular weight is 171 g/mol. The van der Waals surface area contributed by atoms with Crippen molar-refractivity contribution in [2.75, 3.05) is 0 Å². The van der Waals surface area contributed by atoms with E-state index >= 15 is 0 Å². The van der Waals surface area contributed by atoms with Gasteiger partial charge in [0, 0.05) is 6.07 Å². The summed E-state index contributed by atoms with van der Waals surface area (Å²) in [5, 5.41) is 0.241. The van der Waals surface area contributed by atoms with Gasteiger partial charge >= 0.3 is 5.63 Å². The van der Waals surface area contributed by atoms with Gasteiger partial charge in [-0.3, -0.25) is 0 Å². The van der Waals surface area contributed by atoms with Crippen molar-refractivity contribution in [1.82, 2.24) is 0 Å². The molecule has 0 N–H and O–H groups in total. The van der Waals surface area contributed by atoms with Crippen LogP contribution in [-0.4, -0.2) is 0 Å². The molecule has 0 aliphatic carbocycles. The fourth-order valence-corrected chi connectivity index (χ4v) is 0.828. The van der Waals surface area contributed by atoms with E-state index in [9.17, 15) is 4.79 Å². The molecule has 0 spiro atoms. The third-order valence-electron chi connectivity index (χ3n) is 1.18. The van der Waals surface area contributed by atoms with Crippen LogP contribution in [0.3, 0.4) is 0 Å². The second-order valence-electron chi connectivity index (χ2n) is 2.22. The average Bonchev–Trinajstić information content (AvgIpc) is 1.85. The standard InChI is InChI=1S/C8H7ClO2/c1-5-3-7(6(2)9)11-8(10)4-5/h3-4H,2H2,1H3. The Labute approximate surface area is 69.1 Å². The van der Waals surface area contributed by atoms with Crippen molar-refractivity contribution in [2.24, 2.45) is 0 Å². The first-order valence-corrected chi connectivity index (χ1v) is 3.44. The second-order valence-corrected chi connectivity index (χ2v) is 2.68. The van der Waals surface area contributed by atoms with Gasteiger partial charge < -0.3 is 4.42 Å². The van der Waals surface area contributed by atoms with E-state index in [1.54, 1.807) is 13.0 Å². The number of hydrogen-bond acceptors (Lipinski definition) is 2. The molecule has 0 aliphatic rings. The largest absolute Gasteiger partial charge is 0.422 e. The molecule has 11 heavy (non-hydrogen) atoms. The van der Waals surface area contributed by atoms with E-state index in [1.165, 1.54) is 6.07 Å². The molecule has 0 aliphatic heterocycles. The Hall–Kier alpha value is -1.02.